The molecule has 28 heavy (non-hydrogen) atoms. The number of guanidine groups is 1. The topological polar surface area (TPSA) is 57.5 Å². The largest absolute Gasteiger partial charge is 0.372 e. The summed E-state index contributed by atoms with van der Waals surface area (Å²) in [4.78, 5) is 11.0. The first kappa shape index (κ1) is 24.3. The third kappa shape index (κ3) is 8.50. The maximum atomic E-state index is 4.31. The van der Waals surface area contributed by atoms with Gasteiger partial charge in [-0.15, -0.1) is 24.0 Å². The fourth-order valence-electron chi connectivity index (χ4n) is 3.06. The molecule has 0 amide bonds. The summed E-state index contributed by atoms with van der Waals surface area (Å²) in [6.45, 7) is 9.16. The van der Waals surface area contributed by atoms with Crippen molar-refractivity contribution in [3.05, 3.63) is 48.5 Å². The number of nitrogens with one attached hydrogen (secondary N) is 2. The number of hydrogen-bond donors (Lipinski definition) is 2. The van der Waals surface area contributed by atoms with E-state index in [1.807, 2.05) is 26.4 Å². The highest BCUT2D eigenvalue weighted by Crippen LogP contribution is 2.12. The van der Waals surface area contributed by atoms with Crippen LogP contribution in [0, 0.1) is 6.92 Å². The van der Waals surface area contributed by atoms with E-state index < -0.39 is 0 Å². The molecule has 0 fully saturated rings. The molecule has 1 aromatic heterocycles. The van der Waals surface area contributed by atoms with Gasteiger partial charge in [0.05, 0.1) is 0 Å². The van der Waals surface area contributed by atoms with Gasteiger partial charge < -0.3 is 20.1 Å². The molecule has 0 saturated carbocycles. The molecule has 0 bridgehead atoms. The van der Waals surface area contributed by atoms with Crippen LogP contribution in [0.25, 0.3) is 0 Å². The van der Waals surface area contributed by atoms with Crippen LogP contribution in [0.1, 0.15) is 32.0 Å². The molecule has 0 aliphatic carbocycles. The van der Waals surface area contributed by atoms with Gasteiger partial charge in [-0.3, -0.25) is 4.99 Å². The third-order valence-corrected chi connectivity index (χ3v) is 4.67. The number of benzene rings is 1. The Balaban J connectivity index is 0.00000392. The Morgan fingerprint density at radius 3 is 2.43 bits per heavy atom. The van der Waals surface area contributed by atoms with E-state index in [1.54, 1.807) is 0 Å². The number of nitrogens with zero attached hydrogens (tertiary/aromatic N) is 4. The number of halogens is 1. The first-order chi connectivity index (χ1) is 13.2. The highest BCUT2D eigenvalue weighted by molar-refractivity contribution is 14.0. The Morgan fingerprint density at radius 1 is 1.11 bits per heavy atom. The lowest BCUT2D eigenvalue weighted by Gasteiger charge is -2.23. The first-order valence-electron chi connectivity index (χ1n) is 9.96. The van der Waals surface area contributed by atoms with Crippen molar-refractivity contribution in [2.24, 2.45) is 4.99 Å². The molecule has 0 saturated heterocycles. The summed E-state index contributed by atoms with van der Waals surface area (Å²) < 4.78 is 2.19. The number of imidazole rings is 1. The Labute approximate surface area is 186 Å². The zero-order chi connectivity index (χ0) is 19.3. The average Bonchev–Trinajstić information content (AvgIpc) is 3.11. The fraction of sp³-hybridized carbons (Fsp3) is 0.524. The molecular formula is C21H35IN6. The molecule has 0 radical (unpaired) electrons. The third-order valence-electron chi connectivity index (χ3n) is 4.67. The van der Waals surface area contributed by atoms with Crippen LogP contribution in [0.3, 0.4) is 0 Å². The van der Waals surface area contributed by atoms with Gasteiger partial charge in [-0.05, 0) is 45.2 Å². The van der Waals surface area contributed by atoms with Crippen LogP contribution in [0.15, 0.2) is 47.7 Å². The van der Waals surface area contributed by atoms with Crippen molar-refractivity contribution in [1.29, 1.82) is 0 Å². The van der Waals surface area contributed by atoms with Crippen LogP contribution < -0.4 is 15.5 Å². The van der Waals surface area contributed by atoms with Gasteiger partial charge in [-0.25, -0.2) is 4.98 Å². The van der Waals surface area contributed by atoms with Crippen LogP contribution in [0.4, 0.5) is 5.69 Å². The summed E-state index contributed by atoms with van der Waals surface area (Å²) in [6, 6.07) is 10.6. The summed E-state index contributed by atoms with van der Waals surface area (Å²) in [6.07, 6.45) is 7.21. The van der Waals surface area contributed by atoms with Crippen molar-refractivity contribution >= 4 is 35.6 Å². The Morgan fingerprint density at radius 2 is 1.82 bits per heavy atom. The number of rotatable bonds is 11. The molecule has 0 spiro atoms. The zero-order valence-electron chi connectivity index (χ0n) is 17.4. The summed E-state index contributed by atoms with van der Waals surface area (Å²) in [5, 5.41) is 6.81. The molecule has 0 unspecified atom stereocenters. The lowest BCUT2D eigenvalue weighted by atomic mass is 10.2. The van der Waals surface area contributed by atoms with Gasteiger partial charge >= 0.3 is 0 Å². The molecule has 1 heterocycles. The normalized spacial score (nSPS) is 11.0. The van der Waals surface area contributed by atoms with Gasteiger partial charge in [0.2, 0.25) is 0 Å². The second-order valence-electron chi connectivity index (χ2n) is 6.57. The van der Waals surface area contributed by atoms with Gasteiger partial charge in [-0.1, -0.05) is 18.2 Å². The minimum atomic E-state index is 0. The van der Waals surface area contributed by atoms with Gasteiger partial charge in [0.15, 0.2) is 5.96 Å². The van der Waals surface area contributed by atoms with E-state index in [-0.39, 0.29) is 24.0 Å². The maximum Gasteiger partial charge on any atom is 0.190 e. The highest BCUT2D eigenvalue weighted by atomic mass is 127. The number of hydrogen-bond acceptors (Lipinski definition) is 3. The monoisotopic (exact) mass is 498 g/mol. The molecule has 156 valence electrons. The smallest absolute Gasteiger partial charge is 0.190 e. The zero-order valence-corrected chi connectivity index (χ0v) is 19.7. The fourth-order valence-corrected chi connectivity index (χ4v) is 3.06. The van der Waals surface area contributed by atoms with Gasteiger partial charge in [0, 0.05) is 57.9 Å². The Bertz CT molecular complexity index is 671. The van der Waals surface area contributed by atoms with Crippen LogP contribution in [-0.4, -0.2) is 48.7 Å². The molecule has 2 aromatic rings. The van der Waals surface area contributed by atoms with E-state index in [0.717, 1.165) is 63.8 Å². The summed E-state index contributed by atoms with van der Waals surface area (Å²) in [5.41, 5.74) is 1.29. The van der Waals surface area contributed by atoms with Crippen LogP contribution in [0.2, 0.25) is 0 Å². The van der Waals surface area contributed by atoms with Crippen molar-refractivity contribution in [2.45, 2.75) is 39.7 Å². The SMILES string of the molecule is CCN(CCCNC(=NC)NCCCCn1ccnc1C)c1ccccc1.I. The molecule has 0 atom stereocenters. The minimum Gasteiger partial charge on any atom is -0.372 e. The average molecular weight is 498 g/mol. The standard InChI is InChI=1S/C21H34N6.HI/c1-4-26(20-11-6-5-7-12-20)17-10-14-25-21(22-3)24-13-8-9-16-27-18-15-23-19(27)2;/h5-7,11-12,15,18H,4,8-10,13-14,16-17H2,1-3H3,(H2,22,24,25);1H. The van der Waals surface area contributed by atoms with Gasteiger partial charge in [0.25, 0.3) is 0 Å². The maximum absolute atomic E-state index is 4.31. The van der Waals surface area contributed by atoms with Crippen LogP contribution >= 0.6 is 24.0 Å². The second-order valence-corrected chi connectivity index (χ2v) is 6.57. The van der Waals surface area contributed by atoms with Gasteiger partial charge in [-0.2, -0.15) is 0 Å². The van der Waals surface area contributed by atoms with E-state index in [1.165, 1.54) is 5.69 Å². The number of para-hydroxylation sites is 1. The summed E-state index contributed by atoms with van der Waals surface area (Å²) in [7, 11) is 1.83. The molecule has 2 N–H and O–H groups in total. The molecule has 1 aromatic carbocycles. The first-order valence-corrected chi connectivity index (χ1v) is 9.96. The van der Waals surface area contributed by atoms with Crippen molar-refractivity contribution in [2.75, 3.05) is 38.1 Å². The van der Waals surface area contributed by atoms with E-state index in [0.29, 0.717) is 0 Å². The minimum absolute atomic E-state index is 0. The molecular weight excluding hydrogens is 463 g/mol. The van der Waals surface area contributed by atoms with Crippen LogP contribution in [-0.2, 0) is 6.54 Å². The van der Waals surface area contributed by atoms with Crippen molar-refractivity contribution in [1.82, 2.24) is 20.2 Å². The lowest BCUT2D eigenvalue weighted by Crippen LogP contribution is -2.39. The molecule has 0 aliphatic rings. The number of anilines is 1. The number of aryl methyl sites for hydroxylation is 2. The summed E-state index contributed by atoms with van der Waals surface area (Å²) in [5.74, 6) is 1.97. The molecule has 0 aliphatic heterocycles. The quantitative estimate of drug-likeness (QED) is 0.215. The molecule has 2 rings (SSSR count). The summed E-state index contributed by atoms with van der Waals surface area (Å²) >= 11 is 0. The Kier molecular flexibility index (Phi) is 12.4. The van der Waals surface area contributed by atoms with E-state index >= 15 is 0 Å². The molecule has 6 nitrogen and oxygen atoms in total. The van der Waals surface area contributed by atoms with Crippen molar-refractivity contribution < 1.29 is 0 Å². The second kappa shape index (κ2) is 14.3. The van der Waals surface area contributed by atoms with Crippen molar-refractivity contribution in [3.8, 4) is 0 Å². The van der Waals surface area contributed by atoms with Crippen molar-refractivity contribution in [3.63, 3.8) is 0 Å². The number of aliphatic imine (C=N–C) groups is 1. The van der Waals surface area contributed by atoms with E-state index in [9.17, 15) is 0 Å². The Hall–Kier alpha value is -1.77. The number of aromatic nitrogens is 2. The van der Waals surface area contributed by atoms with E-state index in [4.69, 9.17) is 0 Å². The van der Waals surface area contributed by atoms with Crippen LogP contribution in [0.5, 0.6) is 0 Å². The van der Waals surface area contributed by atoms with Gasteiger partial charge in [0.1, 0.15) is 5.82 Å². The van der Waals surface area contributed by atoms with E-state index in [2.05, 4.69) is 67.3 Å². The highest BCUT2D eigenvalue weighted by Gasteiger charge is 2.03. The molecule has 7 heteroatoms. The lowest BCUT2D eigenvalue weighted by molar-refractivity contribution is 0.587. The number of unbranched alkanes of at least 4 members (excludes halogenated alkanes) is 1. The predicted molar refractivity (Wildman–Crippen MR) is 130 cm³/mol. The predicted octanol–water partition coefficient (Wildman–Crippen LogP) is 3.67.